The van der Waals surface area contributed by atoms with E-state index in [2.05, 4.69) is 25.7 Å². The maximum absolute atomic E-state index is 9.80. The summed E-state index contributed by atoms with van der Waals surface area (Å²) in [5, 5.41) is 9.80. The van der Waals surface area contributed by atoms with Gasteiger partial charge in [-0.05, 0) is 31.1 Å². The second-order valence-electron chi connectivity index (χ2n) is 5.62. The van der Waals surface area contributed by atoms with Crippen molar-refractivity contribution in [1.29, 1.82) is 0 Å². The van der Waals surface area contributed by atoms with Crippen molar-refractivity contribution >= 4 is 0 Å². The quantitative estimate of drug-likeness (QED) is 0.695. The van der Waals surface area contributed by atoms with Crippen molar-refractivity contribution in [2.24, 2.45) is 11.8 Å². The molecule has 2 atom stereocenters. The maximum Gasteiger partial charge on any atom is 0.0593 e. The molecule has 3 nitrogen and oxygen atoms in total. The van der Waals surface area contributed by atoms with E-state index in [0.29, 0.717) is 5.92 Å². The zero-order chi connectivity index (χ0) is 12.7. The fourth-order valence-electron chi connectivity index (χ4n) is 2.31. The molecule has 1 aliphatic rings. The van der Waals surface area contributed by atoms with Crippen molar-refractivity contribution in [3.63, 3.8) is 0 Å². The fourth-order valence-corrected chi connectivity index (χ4v) is 2.31. The molecular weight excluding hydrogens is 214 g/mol. The Morgan fingerprint density at radius 2 is 2.12 bits per heavy atom. The minimum Gasteiger partial charge on any atom is -0.393 e. The third-order valence-corrected chi connectivity index (χ3v) is 3.69. The number of hydrogen-bond donors (Lipinski definition) is 1. The monoisotopic (exact) mass is 243 g/mol. The van der Waals surface area contributed by atoms with E-state index in [1.54, 1.807) is 0 Å². The van der Waals surface area contributed by atoms with Gasteiger partial charge in [0.25, 0.3) is 0 Å². The van der Waals surface area contributed by atoms with Crippen LogP contribution in [0.4, 0.5) is 0 Å². The van der Waals surface area contributed by atoms with E-state index >= 15 is 0 Å². The Labute approximate surface area is 106 Å². The normalized spacial score (nSPS) is 26.6. The van der Waals surface area contributed by atoms with Crippen LogP contribution in [0, 0.1) is 11.8 Å². The van der Waals surface area contributed by atoms with Crippen LogP contribution in [-0.2, 0) is 4.74 Å². The summed E-state index contributed by atoms with van der Waals surface area (Å²) in [5.41, 5.74) is 0. The predicted octanol–water partition coefficient (Wildman–Crippen LogP) is 2.14. The molecule has 1 N–H and O–H groups in total. The minimum atomic E-state index is -0.0851. The number of likely N-dealkylation sites (tertiary alicyclic amines) is 1. The Morgan fingerprint density at radius 3 is 2.76 bits per heavy atom. The van der Waals surface area contributed by atoms with Crippen LogP contribution in [0.5, 0.6) is 0 Å². The second-order valence-corrected chi connectivity index (χ2v) is 5.62. The largest absolute Gasteiger partial charge is 0.393 e. The fraction of sp³-hybridized carbons (Fsp3) is 1.00. The molecule has 17 heavy (non-hydrogen) atoms. The van der Waals surface area contributed by atoms with Gasteiger partial charge in [0.05, 0.1) is 12.7 Å². The Morgan fingerprint density at radius 1 is 1.35 bits per heavy atom. The zero-order valence-corrected chi connectivity index (χ0v) is 11.7. The second kappa shape index (κ2) is 8.06. The van der Waals surface area contributed by atoms with E-state index < -0.39 is 0 Å². The molecule has 0 radical (unpaired) electrons. The van der Waals surface area contributed by atoms with Crippen LogP contribution in [0.1, 0.15) is 40.0 Å². The molecule has 102 valence electrons. The molecule has 0 spiro atoms. The predicted molar refractivity (Wildman–Crippen MR) is 71.1 cm³/mol. The summed E-state index contributed by atoms with van der Waals surface area (Å²) in [4.78, 5) is 2.43. The van der Waals surface area contributed by atoms with Gasteiger partial charge in [-0.3, -0.25) is 0 Å². The lowest BCUT2D eigenvalue weighted by atomic mass is 9.92. The van der Waals surface area contributed by atoms with Crippen molar-refractivity contribution in [3.05, 3.63) is 0 Å². The van der Waals surface area contributed by atoms with Crippen molar-refractivity contribution in [2.75, 3.05) is 32.8 Å². The molecule has 0 bridgehead atoms. The highest BCUT2D eigenvalue weighted by molar-refractivity contribution is 4.78. The first-order chi connectivity index (χ1) is 8.13. The molecule has 2 unspecified atom stereocenters. The zero-order valence-electron chi connectivity index (χ0n) is 11.7. The van der Waals surface area contributed by atoms with E-state index in [-0.39, 0.29) is 6.10 Å². The molecule has 1 saturated heterocycles. The molecule has 0 saturated carbocycles. The van der Waals surface area contributed by atoms with Gasteiger partial charge in [-0.1, -0.05) is 20.8 Å². The average molecular weight is 243 g/mol. The van der Waals surface area contributed by atoms with Crippen LogP contribution in [0.2, 0.25) is 0 Å². The number of hydrogen-bond acceptors (Lipinski definition) is 3. The third kappa shape index (κ3) is 5.84. The highest BCUT2D eigenvalue weighted by Crippen LogP contribution is 2.19. The molecule has 0 aromatic carbocycles. The van der Waals surface area contributed by atoms with Gasteiger partial charge in [-0.2, -0.15) is 0 Å². The molecule has 0 aliphatic carbocycles. The maximum atomic E-state index is 9.80. The summed E-state index contributed by atoms with van der Waals surface area (Å²) < 4.78 is 5.64. The highest BCUT2D eigenvalue weighted by Gasteiger charge is 2.25. The molecule has 3 heteroatoms. The van der Waals surface area contributed by atoms with Gasteiger partial charge in [-0.15, -0.1) is 0 Å². The number of rotatable bonds is 7. The Hall–Kier alpha value is -0.120. The minimum absolute atomic E-state index is 0.0851. The summed E-state index contributed by atoms with van der Waals surface area (Å²) in [6.45, 7) is 11.4. The topological polar surface area (TPSA) is 32.7 Å². The Kier molecular flexibility index (Phi) is 7.09. The summed E-state index contributed by atoms with van der Waals surface area (Å²) in [6, 6.07) is 0. The van der Waals surface area contributed by atoms with E-state index in [1.165, 1.54) is 0 Å². The van der Waals surface area contributed by atoms with E-state index in [9.17, 15) is 5.11 Å². The van der Waals surface area contributed by atoms with E-state index in [4.69, 9.17) is 4.74 Å². The van der Waals surface area contributed by atoms with Crippen LogP contribution >= 0.6 is 0 Å². The van der Waals surface area contributed by atoms with Crippen molar-refractivity contribution in [1.82, 2.24) is 4.90 Å². The Balaban J connectivity index is 2.07. The Bertz CT molecular complexity index is 197. The molecule has 1 rings (SSSR count). The summed E-state index contributed by atoms with van der Waals surface area (Å²) in [5.74, 6) is 1.18. The summed E-state index contributed by atoms with van der Waals surface area (Å²) in [7, 11) is 0. The first-order valence-corrected chi connectivity index (χ1v) is 7.11. The first kappa shape index (κ1) is 14.9. The lowest BCUT2D eigenvalue weighted by molar-refractivity contribution is 0.0113. The third-order valence-electron chi connectivity index (χ3n) is 3.69. The van der Waals surface area contributed by atoms with Gasteiger partial charge in [0.1, 0.15) is 0 Å². The molecule has 0 aromatic rings. The van der Waals surface area contributed by atoms with Gasteiger partial charge in [0.15, 0.2) is 0 Å². The van der Waals surface area contributed by atoms with Crippen LogP contribution in [0.25, 0.3) is 0 Å². The van der Waals surface area contributed by atoms with Crippen molar-refractivity contribution in [3.8, 4) is 0 Å². The lowest BCUT2D eigenvalue weighted by Crippen LogP contribution is -2.44. The SMILES string of the molecule is CCC1CN(CCOCCC(C)C)CCC1O. The number of aliphatic hydroxyl groups is 1. The van der Waals surface area contributed by atoms with Crippen LogP contribution in [0.3, 0.4) is 0 Å². The van der Waals surface area contributed by atoms with E-state index in [1.807, 2.05) is 0 Å². The van der Waals surface area contributed by atoms with Crippen LogP contribution < -0.4 is 0 Å². The van der Waals surface area contributed by atoms with E-state index in [0.717, 1.165) is 58.0 Å². The molecule has 1 fully saturated rings. The number of aliphatic hydroxyl groups excluding tert-OH is 1. The van der Waals surface area contributed by atoms with Gasteiger partial charge in [-0.25, -0.2) is 0 Å². The molecule has 1 heterocycles. The molecule has 0 aromatic heterocycles. The lowest BCUT2D eigenvalue weighted by Gasteiger charge is -2.35. The van der Waals surface area contributed by atoms with Crippen LogP contribution in [-0.4, -0.2) is 49.0 Å². The number of piperidine rings is 1. The average Bonchev–Trinajstić information content (AvgIpc) is 2.30. The van der Waals surface area contributed by atoms with Crippen molar-refractivity contribution in [2.45, 2.75) is 46.1 Å². The molecule has 0 amide bonds. The summed E-state index contributed by atoms with van der Waals surface area (Å²) in [6.07, 6.45) is 3.06. The van der Waals surface area contributed by atoms with Crippen LogP contribution in [0.15, 0.2) is 0 Å². The first-order valence-electron chi connectivity index (χ1n) is 7.11. The summed E-state index contributed by atoms with van der Waals surface area (Å²) >= 11 is 0. The number of nitrogens with zero attached hydrogens (tertiary/aromatic N) is 1. The molecular formula is C14H29NO2. The number of ether oxygens (including phenoxy) is 1. The van der Waals surface area contributed by atoms with Gasteiger partial charge >= 0.3 is 0 Å². The van der Waals surface area contributed by atoms with Gasteiger partial charge < -0.3 is 14.7 Å². The van der Waals surface area contributed by atoms with Gasteiger partial charge in [0.2, 0.25) is 0 Å². The smallest absolute Gasteiger partial charge is 0.0593 e. The van der Waals surface area contributed by atoms with Gasteiger partial charge in [0, 0.05) is 26.2 Å². The molecule has 1 aliphatic heterocycles. The van der Waals surface area contributed by atoms with Crippen molar-refractivity contribution < 1.29 is 9.84 Å². The standard InChI is InChI=1S/C14H29NO2/c1-4-13-11-15(7-5-14(13)16)8-10-17-9-6-12(2)3/h12-14,16H,4-11H2,1-3H3. The highest BCUT2D eigenvalue weighted by atomic mass is 16.5.